The predicted molar refractivity (Wildman–Crippen MR) is 94.3 cm³/mol. The van der Waals surface area contributed by atoms with E-state index < -0.39 is 0 Å². The number of amides is 2. The molecule has 0 aliphatic heterocycles. The van der Waals surface area contributed by atoms with Crippen LogP contribution in [0.25, 0.3) is 0 Å². The molecule has 0 spiro atoms. The highest BCUT2D eigenvalue weighted by Gasteiger charge is 2.09. The molecule has 2 aromatic rings. The van der Waals surface area contributed by atoms with E-state index in [2.05, 4.69) is 20.8 Å². The van der Waals surface area contributed by atoms with Gasteiger partial charge in [0.05, 0.1) is 16.9 Å². The Morgan fingerprint density at radius 3 is 2.67 bits per heavy atom. The van der Waals surface area contributed by atoms with Crippen LogP contribution in [0.3, 0.4) is 0 Å². The number of carbonyl (C=O) groups excluding carboxylic acids is 2. The highest BCUT2D eigenvalue weighted by molar-refractivity contribution is 6.36. The zero-order valence-corrected chi connectivity index (χ0v) is 14.0. The molecular weight excluding hydrogens is 351 g/mol. The number of nitrogens with zero attached hydrogens (tertiary/aromatic N) is 2. The fourth-order valence-corrected chi connectivity index (χ4v) is 2.17. The first-order valence-electron chi connectivity index (χ1n) is 7.01. The van der Waals surface area contributed by atoms with Crippen LogP contribution in [-0.4, -0.2) is 23.0 Å². The summed E-state index contributed by atoms with van der Waals surface area (Å²) < 4.78 is 0. The van der Waals surface area contributed by atoms with Gasteiger partial charge in [0, 0.05) is 35.8 Å². The molecule has 0 radical (unpaired) electrons. The molecule has 0 aliphatic rings. The minimum Gasteiger partial charge on any atom is -0.325 e. The second kappa shape index (κ2) is 9.00. The van der Waals surface area contributed by atoms with Crippen molar-refractivity contribution in [2.45, 2.75) is 12.8 Å². The van der Waals surface area contributed by atoms with E-state index in [9.17, 15) is 9.59 Å². The first kappa shape index (κ1) is 17.9. The Hall–Kier alpha value is -2.44. The lowest BCUT2D eigenvalue weighted by Gasteiger charge is -2.07. The number of anilines is 1. The van der Waals surface area contributed by atoms with Gasteiger partial charge < -0.3 is 5.32 Å². The van der Waals surface area contributed by atoms with Crippen LogP contribution in [0.2, 0.25) is 10.0 Å². The van der Waals surface area contributed by atoms with E-state index in [1.807, 2.05) is 0 Å². The molecule has 8 heteroatoms. The summed E-state index contributed by atoms with van der Waals surface area (Å²) in [5.74, 6) is -0.696. The summed E-state index contributed by atoms with van der Waals surface area (Å²) in [7, 11) is 0. The maximum Gasteiger partial charge on any atom is 0.240 e. The van der Waals surface area contributed by atoms with Crippen molar-refractivity contribution in [1.82, 2.24) is 10.4 Å². The van der Waals surface area contributed by atoms with Gasteiger partial charge in [-0.3, -0.25) is 14.6 Å². The number of pyridine rings is 1. The number of carbonyl (C=O) groups is 2. The van der Waals surface area contributed by atoms with E-state index >= 15 is 0 Å². The van der Waals surface area contributed by atoms with Gasteiger partial charge >= 0.3 is 0 Å². The molecule has 0 saturated carbocycles. The predicted octanol–water partition coefficient (Wildman–Crippen LogP) is 3.26. The van der Waals surface area contributed by atoms with Crippen molar-refractivity contribution in [2.75, 3.05) is 5.32 Å². The summed E-state index contributed by atoms with van der Waals surface area (Å²) in [6, 6.07) is 8.30. The minimum atomic E-state index is -0.368. The average molecular weight is 365 g/mol. The van der Waals surface area contributed by atoms with E-state index in [4.69, 9.17) is 23.2 Å². The molecule has 1 aromatic heterocycles. The summed E-state index contributed by atoms with van der Waals surface area (Å²) in [6.45, 7) is 0. The van der Waals surface area contributed by atoms with Crippen molar-refractivity contribution in [1.29, 1.82) is 0 Å². The van der Waals surface area contributed by atoms with Gasteiger partial charge in [-0.15, -0.1) is 0 Å². The molecule has 2 N–H and O–H groups in total. The maximum absolute atomic E-state index is 11.8. The third kappa shape index (κ3) is 5.98. The number of hydrazone groups is 1. The van der Waals surface area contributed by atoms with Gasteiger partial charge in [-0.2, -0.15) is 5.10 Å². The smallest absolute Gasteiger partial charge is 0.240 e. The average Bonchev–Trinajstić information content (AvgIpc) is 2.56. The van der Waals surface area contributed by atoms with Crippen molar-refractivity contribution in [2.24, 2.45) is 5.10 Å². The zero-order chi connectivity index (χ0) is 17.4. The Balaban J connectivity index is 1.75. The van der Waals surface area contributed by atoms with E-state index in [1.165, 1.54) is 12.3 Å². The lowest BCUT2D eigenvalue weighted by atomic mass is 10.2. The van der Waals surface area contributed by atoms with Crippen LogP contribution in [0, 0.1) is 0 Å². The third-order valence-corrected chi connectivity index (χ3v) is 3.42. The number of nitrogens with one attached hydrogen (secondary N) is 2. The van der Waals surface area contributed by atoms with Crippen LogP contribution >= 0.6 is 23.2 Å². The molecule has 0 saturated heterocycles. The number of benzene rings is 1. The topological polar surface area (TPSA) is 83.5 Å². The van der Waals surface area contributed by atoms with Gasteiger partial charge in [0.15, 0.2) is 0 Å². The first-order valence-corrected chi connectivity index (χ1v) is 7.77. The summed E-state index contributed by atoms with van der Waals surface area (Å²) in [6.07, 6.45) is 4.73. The Morgan fingerprint density at radius 1 is 1.17 bits per heavy atom. The maximum atomic E-state index is 11.8. The van der Waals surface area contributed by atoms with Crippen molar-refractivity contribution in [3.63, 3.8) is 0 Å². The van der Waals surface area contributed by atoms with E-state index in [0.29, 0.717) is 15.7 Å². The van der Waals surface area contributed by atoms with E-state index in [1.54, 1.807) is 36.7 Å². The highest BCUT2D eigenvalue weighted by Crippen LogP contribution is 2.25. The van der Waals surface area contributed by atoms with E-state index in [0.717, 1.165) is 5.56 Å². The van der Waals surface area contributed by atoms with Gasteiger partial charge in [-0.05, 0) is 24.3 Å². The normalized spacial score (nSPS) is 10.6. The van der Waals surface area contributed by atoms with Gasteiger partial charge in [0.2, 0.25) is 11.8 Å². The van der Waals surface area contributed by atoms with Crippen molar-refractivity contribution in [3.05, 3.63) is 58.3 Å². The lowest BCUT2D eigenvalue weighted by Crippen LogP contribution is -2.20. The van der Waals surface area contributed by atoms with Gasteiger partial charge in [0.25, 0.3) is 0 Å². The Kier molecular flexibility index (Phi) is 6.72. The van der Waals surface area contributed by atoms with Crippen LogP contribution < -0.4 is 10.7 Å². The van der Waals surface area contributed by atoms with E-state index in [-0.39, 0.29) is 24.7 Å². The molecule has 0 unspecified atom stereocenters. The molecule has 0 atom stereocenters. The summed E-state index contributed by atoms with van der Waals surface area (Å²) in [4.78, 5) is 27.4. The molecule has 1 heterocycles. The Morgan fingerprint density at radius 2 is 1.96 bits per heavy atom. The van der Waals surface area contributed by atoms with Crippen molar-refractivity contribution in [3.8, 4) is 0 Å². The molecule has 0 aliphatic carbocycles. The molecule has 0 fully saturated rings. The minimum absolute atomic E-state index is 0.00141. The summed E-state index contributed by atoms with van der Waals surface area (Å²) in [5, 5.41) is 7.22. The largest absolute Gasteiger partial charge is 0.325 e. The number of aromatic nitrogens is 1. The summed E-state index contributed by atoms with van der Waals surface area (Å²) >= 11 is 11.7. The molecule has 2 amide bonds. The fraction of sp³-hybridized carbons (Fsp3) is 0.125. The fourth-order valence-electron chi connectivity index (χ4n) is 1.72. The van der Waals surface area contributed by atoms with Gasteiger partial charge in [-0.1, -0.05) is 29.3 Å². The molecule has 24 heavy (non-hydrogen) atoms. The number of rotatable bonds is 6. The molecule has 124 valence electrons. The number of hydrogen-bond donors (Lipinski definition) is 2. The lowest BCUT2D eigenvalue weighted by molar-refractivity contribution is -0.124. The van der Waals surface area contributed by atoms with Crippen LogP contribution in [0.5, 0.6) is 0 Å². The molecule has 2 rings (SSSR count). The van der Waals surface area contributed by atoms with Crippen LogP contribution in [0.4, 0.5) is 5.69 Å². The first-order chi connectivity index (χ1) is 11.5. The number of halogens is 2. The van der Waals surface area contributed by atoms with Crippen molar-refractivity contribution < 1.29 is 9.59 Å². The zero-order valence-electron chi connectivity index (χ0n) is 12.5. The Labute approximate surface area is 148 Å². The van der Waals surface area contributed by atoms with Gasteiger partial charge in [0.1, 0.15) is 0 Å². The number of hydrogen-bond acceptors (Lipinski definition) is 4. The molecule has 1 aromatic carbocycles. The monoisotopic (exact) mass is 364 g/mol. The molecule has 0 bridgehead atoms. The quantitative estimate of drug-likeness (QED) is 0.609. The van der Waals surface area contributed by atoms with Crippen LogP contribution in [0.1, 0.15) is 18.4 Å². The third-order valence-electron chi connectivity index (χ3n) is 2.87. The summed E-state index contributed by atoms with van der Waals surface area (Å²) in [5.41, 5.74) is 3.55. The van der Waals surface area contributed by atoms with Gasteiger partial charge in [-0.25, -0.2) is 5.43 Å². The van der Waals surface area contributed by atoms with Crippen LogP contribution in [-0.2, 0) is 9.59 Å². The second-order valence-electron chi connectivity index (χ2n) is 4.75. The van der Waals surface area contributed by atoms with Crippen LogP contribution in [0.15, 0.2) is 47.8 Å². The molecular formula is C16H14Cl2N4O2. The Bertz CT molecular complexity index is 751. The highest BCUT2D eigenvalue weighted by atomic mass is 35.5. The standard InChI is InChI=1S/C16H14Cl2N4O2/c17-12-3-4-14(13(18)8-12)21-15(23)5-6-16(24)22-20-10-11-2-1-7-19-9-11/h1-4,7-10H,5-6H2,(H,21,23)(H,22,24)/b20-10+. The second-order valence-corrected chi connectivity index (χ2v) is 5.60. The van der Waals surface area contributed by atoms with Crippen molar-refractivity contribution >= 4 is 46.9 Å². The SMILES string of the molecule is O=C(CCC(=O)Nc1ccc(Cl)cc1Cl)N/N=C/c1cccnc1. The molecule has 6 nitrogen and oxygen atoms in total.